The maximum Gasteiger partial charge on any atom is 0.333 e. The summed E-state index contributed by atoms with van der Waals surface area (Å²) in [5, 5.41) is 1.52. The second-order valence-corrected chi connectivity index (χ2v) is 17.3. The van der Waals surface area contributed by atoms with Crippen LogP contribution in [0, 0.1) is 17.8 Å². The molecule has 0 atom stereocenters. The maximum atomic E-state index is 11.6. The molecule has 3 rings (SSSR count). The monoisotopic (exact) mass is 496 g/mol. The van der Waals surface area contributed by atoms with Crippen molar-refractivity contribution in [1.82, 2.24) is 0 Å². The molecule has 0 saturated heterocycles. The van der Waals surface area contributed by atoms with Gasteiger partial charge in [0.15, 0.2) is 0 Å². The van der Waals surface area contributed by atoms with E-state index in [-0.39, 0.29) is 5.97 Å². The van der Waals surface area contributed by atoms with E-state index in [0.717, 1.165) is 36.1 Å². The van der Waals surface area contributed by atoms with Gasteiger partial charge in [-0.25, -0.2) is 4.79 Å². The Labute approximate surface area is 217 Å². The van der Waals surface area contributed by atoms with E-state index >= 15 is 0 Å². The van der Waals surface area contributed by atoms with E-state index in [1.54, 1.807) is 12.5 Å². The number of hydrogen-bond acceptors (Lipinski definition) is 2. The van der Waals surface area contributed by atoms with Crippen LogP contribution in [0.2, 0.25) is 19.1 Å². The third-order valence-corrected chi connectivity index (χ3v) is 12.7. The van der Waals surface area contributed by atoms with Gasteiger partial charge < -0.3 is 4.74 Å². The summed E-state index contributed by atoms with van der Waals surface area (Å²) in [6.07, 6.45) is 18.4. The van der Waals surface area contributed by atoms with Crippen LogP contribution in [0.5, 0.6) is 0 Å². The highest BCUT2D eigenvalue weighted by atomic mass is 28.3. The van der Waals surface area contributed by atoms with E-state index in [0.29, 0.717) is 12.2 Å². The van der Waals surface area contributed by atoms with E-state index in [1.165, 1.54) is 82.2 Å². The summed E-state index contributed by atoms with van der Waals surface area (Å²) in [6, 6.07) is 10.8. The van der Waals surface area contributed by atoms with Crippen molar-refractivity contribution in [2.24, 2.45) is 17.8 Å². The zero-order chi connectivity index (χ0) is 25.3. The molecule has 1 aromatic rings. The van der Waals surface area contributed by atoms with Crippen LogP contribution >= 0.6 is 0 Å². The van der Waals surface area contributed by atoms with Crippen molar-refractivity contribution in [2.75, 3.05) is 6.61 Å². The van der Waals surface area contributed by atoms with E-state index in [9.17, 15) is 4.79 Å². The first-order valence-corrected chi connectivity index (χ1v) is 17.9. The SMILES string of the molecule is C=C(C)C(=O)OCCC[Si](C)(C)c1ccc(C2CCC(C3CCC(CCCCC)CC3)CC2)cc1. The Balaban J connectivity index is 1.40. The van der Waals surface area contributed by atoms with Crippen molar-refractivity contribution < 1.29 is 9.53 Å². The van der Waals surface area contributed by atoms with Crippen LogP contribution in [0.25, 0.3) is 0 Å². The highest BCUT2D eigenvalue weighted by molar-refractivity contribution is 6.89. The fourth-order valence-electron chi connectivity index (χ4n) is 6.71. The van der Waals surface area contributed by atoms with Gasteiger partial charge in [-0.1, -0.05) is 101 Å². The van der Waals surface area contributed by atoms with Crippen LogP contribution in [0.4, 0.5) is 0 Å². The van der Waals surface area contributed by atoms with E-state index in [4.69, 9.17) is 4.74 Å². The highest BCUT2D eigenvalue weighted by Gasteiger charge is 2.31. The molecule has 0 heterocycles. The van der Waals surface area contributed by atoms with Crippen LogP contribution < -0.4 is 5.19 Å². The normalized spacial score (nSPS) is 25.3. The van der Waals surface area contributed by atoms with Crippen molar-refractivity contribution in [3.05, 3.63) is 42.0 Å². The molecule has 0 N–H and O–H groups in total. The largest absolute Gasteiger partial charge is 0.462 e. The number of carbonyl (C=O) groups is 1. The zero-order valence-electron chi connectivity index (χ0n) is 23.2. The Bertz CT molecular complexity index is 780. The number of hydrogen-bond donors (Lipinski definition) is 0. The van der Waals surface area contributed by atoms with E-state index in [1.807, 2.05) is 0 Å². The molecule has 2 aliphatic carbocycles. The fraction of sp³-hybridized carbons (Fsp3) is 0.719. The van der Waals surface area contributed by atoms with Crippen LogP contribution in [0.15, 0.2) is 36.4 Å². The van der Waals surface area contributed by atoms with Gasteiger partial charge in [-0.05, 0) is 81.1 Å². The van der Waals surface area contributed by atoms with Crippen molar-refractivity contribution in [2.45, 2.75) is 122 Å². The second-order valence-electron chi connectivity index (χ2n) is 12.4. The van der Waals surface area contributed by atoms with Gasteiger partial charge >= 0.3 is 5.97 Å². The predicted molar refractivity (Wildman–Crippen MR) is 153 cm³/mol. The van der Waals surface area contributed by atoms with Crippen LogP contribution in [0.1, 0.15) is 109 Å². The topological polar surface area (TPSA) is 26.3 Å². The van der Waals surface area contributed by atoms with Crippen molar-refractivity contribution >= 4 is 19.2 Å². The number of benzene rings is 1. The molecule has 0 radical (unpaired) electrons. The Morgan fingerprint density at radius 2 is 1.51 bits per heavy atom. The molecule has 3 heteroatoms. The van der Waals surface area contributed by atoms with E-state index < -0.39 is 8.07 Å². The second kappa shape index (κ2) is 13.8. The van der Waals surface area contributed by atoms with Gasteiger partial charge in [-0.2, -0.15) is 0 Å². The maximum absolute atomic E-state index is 11.6. The lowest BCUT2D eigenvalue weighted by Gasteiger charge is -2.38. The zero-order valence-corrected chi connectivity index (χ0v) is 24.2. The summed E-state index contributed by atoms with van der Waals surface area (Å²) in [5.41, 5.74) is 2.04. The molecule has 0 spiro atoms. The van der Waals surface area contributed by atoms with Crippen molar-refractivity contribution in [3.63, 3.8) is 0 Å². The van der Waals surface area contributed by atoms with Gasteiger partial charge in [0.25, 0.3) is 0 Å². The van der Waals surface area contributed by atoms with Gasteiger partial charge in [0, 0.05) is 5.57 Å². The van der Waals surface area contributed by atoms with Gasteiger partial charge in [0.1, 0.15) is 0 Å². The summed E-state index contributed by atoms with van der Waals surface area (Å²) < 4.78 is 5.29. The van der Waals surface area contributed by atoms with Crippen LogP contribution in [-0.2, 0) is 9.53 Å². The molecule has 0 bridgehead atoms. The van der Waals surface area contributed by atoms with Gasteiger partial charge in [0.05, 0.1) is 14.7 Å². The molecule has 196 valence electrons. The fourth-order valence-corrected chi connectivity index (χ4v) is 9.09. The van der Waals surface area contributed by atoms with Crippen LogP contribution in [-0.4, -0.2) is 20.7 Å². The first-order valence-electron chi connectivity index (χ1n) is 14.7. The third-order valence-electron chi connectivity index (χ3n) is 9.24. The number of ether oxygens (including phenoxy) is 1. The molecule has 1 aromatic carbocycles. The molecule has 0 aromatic heterocycles. The van der Waals surface area contributed by atoms with Gasteiger partial charge in [-0.3, -0.25) is 0 Å². The Hall–Kier alpha value is -1.35. The quantitative estimate of drug-likeness (QED) is 0.125. The van der Waals surface area contributed by atoms with E-state index in [2.05, 4.69) is 50.9 Å². The minimum Gasteiger partial charge on any atom is -0.462 e. The molecule has 0 aliphatic heterocycles. The molecule has 0 unspecified atom stereocenters. The molecule has 2 aliphatic rings. The van der Waals surface area contributed by atoms with Crippen molar-refractivity contribution in [1.29, 1.82) is 0 Å². The number of carbonyl (C=O) groups excluding carboxylic acids is 1. The molecule has 0 amide bonds. The Morgan fingerprint density at radius 1 is 0.914 bits per heavy atom. The molecular weight excluding hydrogens is 444 g/mol. The lowest BCUT2D eigenvalue weighted by molar-refractivity contribution is -0.138. The Morgan fingerprint density at radius 3 is 2.09 bits per heavy atom. The highest BCUT2D eigenvalue weighted by Crippen LogP contribution is 2.44. The average Bonchev–Trinajstić information content (AvgIpc) is 2.87. The summed E-state index contributed by atoms with van der Waals surface area (Å²) >= 11 is 0. The molecule has 2 fully saturated rings. The predicted octanol–water partition coefficient (Wildman–Crippen LogP) is 8.77. The summed E-state index contributed by atoms with van der Waals surface area (Å²) in [6.45, 7) is 13.1. The first kappa shape index (κ1) is 28.2. The lowest BCUT2D eigenvalue weighted by Crippen LogP contribution is -2.41. The average molecular weight is 497 g/mol. The smallest absolute Gasteiger partial charge is 0.333 e. The third kappa shape index (κ3) is 8.62. The van der Waals surface area contributed by atoms with Gasteiger partial charge in [-0.15, -0.1) is 0 Å². The number of rotatable bonds is 12. The van der Waals surface area contributed by atoms with Crippen molar-refractivity contribution in [3.8, 4) is 0 Å². The molecular formula is C32H52O2Si. The minimum absolute atomic E-state index is 0.265. The summed E-state index contributed by atoms with van der Waals surface area (Å²) in [4.78, 5) is 11.6. The standard InChI is InChI=1S/C32H52O2Si/c1-6-7-8-10-26-11-13-27(14-12-26)28-15-17-29(18-16-28)30-19-21-31(22-20-30)35(4,5)24-9-23-34-32(33)25(2)3/h19-22,26-29H,2,6-18,23-24H2,1,3-5H3. The lowest BCUT2D eigenvalue weighted by atomic mass is 9.68. The summed E-state index contributed by atoms with van der Waals surface area (Å²) in [7, 11) is -1.52. The summed E-state index contributed by atoms with van der Waals surface area (Å²) in [5.74, 6) is 3.54. The number of esters is 1. The number of unbranched alkanes of at least 4 members (excludes halogenated alkanes) is 2. The molecule has 2 saturated carbocycles. The van der Waals surface area contributed by atoms with Crippen LogP contribution in [0.3, 0.4) is 0 Å². The first-order chi connectivity index (χ1) is 16.8. The van der Waals surface area contributed by atoms with Gasteiger partial charge in [0.2, 0.25) is 0 Å². The minimum atomic E-state index is -1.52. The Kier molecular flexibility index (Phi) is 11.1. The molecule has 2 nitrogen and oxygen atoms in total. The molecule has 35 heavy (non-hydrogen) atoms.